The minimum absolute atomic E-state index is 0.163. The van der Waals surface area contributed by atoms with Crippen LogP contribution in [0.1, 0.15) is 32.4 Å². The van der Waals surface area contributed by atoms with E-state index in [1.54, 1.807) is 13.8 Å². The lowest BCUT2D eigenvalue weighted by molar-refractivity contribution is -0.945. The third-order valence-corrected chi connectivity index (χ3v) is 6.26. The monoisotopic (exact) mass is 364 g/mol. The first kappa shape index (κ1) is 17.9. The molecule has 2 N–H and O–H groups in total. The molecule has 4 aliphatic heterocycles. The van der Waals surface area contributed by atoms with E-state index in [1.165, 1.54) is 4.90 Å². The number of fused-ring (bicyclic) bond motifs is 3. The highest BCUT2D eigenvalue weighted by molar-refractivity contribution is 5.79. The number of aromatic nitrogens is 3. The highest BCUT2D eigenvalue weighted by Crippen LogP contribution is 2.29. The highest BCUT2D eigenvalue weighted by atomic mass is 16.5. The number of piperidine rings is 3. The molecule has 144 valence electrons. The Balaban J connectivity index is 1.39. The molecule has 0 aliphatic carbocycles. The Morgan fingerprint density at radius 3 is 2.81 bits per heavy atom. The van der Waals surface area contributed by atoms with Crippen LogP contribution in [0.3, 0.4) is 0 Å². The standard InChI is InChI=1S/C18H29N5O3/c1-18(2,25)16-12-23(20-19-16)10-14-9-13-3-4-22(14)11-15(13)17(24)21-5-7-26-8-6-21/h12-15,25H,3-11H2,1-2H3/p+1/t13-,14+,15-/m0/s1. The van der Waals surface area contributed by atoms with Gasteiger partial charge in [0.25, 0.3) is 0 Å². The van der Waals surface area contributed by atoms with Crippen LogP contribution in [0.2, 0.25) is 0 Å². The van der Waals surface area contributed by atoms with Crippen LogP contribution >= 0.6 is 0 Å². The van der Waals surface area contributed by atoms with E-state index < -0.39 is 5.60 Å². The highest BCUT2D eigenvalue weighted by Gasteiger charge is 2.47. The number of carbonyl (C=O) groups excluding carboxylic acids is 1. The van der Waals surface area contributed by atoms with Crippen molar-refractivity contribution in [3.63, 3.8) is 0 Å². The van der Waals surface area contributed by atoms with Gasteiger partial charge in [-0.1, -0.05) is 5.21 Å². The van der Waals surface area contributed by atoms with Crippen molar-refractivity contribution < 1.29 is 19.5 Å². The fraction of sp³-hybridized carbons (Fsp3) is 0.833. The second-order valence-corrected chi connectivity index (χ2v) is 8.52. The molecule has 0 radical (unpaired) electrons. The number of hydrogen-bond acceptors (Lipinski definition) is 5. The molecular formula is C18H30N5O3+. The number of nitrogens with zero attached hydrogens (tertiary/aromatic N) is 4. The molecule has 0 saturated carbocycles. The van der Waals surface area contributed by atoms with Crippen LogP contribution in [0, 0.1) is 11.8 Å². The zero-order valence-electron chi connectivity index (χ0n) is 15.7. The van der Waals surface area contributed by atoms with Crippen LogP contribution in [0.4, 0.5) is 0 Å². The summed E-state index contributed by atoms with van der Waals surface area (Å²) in [5.74, 6) is 0.972. The molecule has 5 rings (SSSR count). The van der Waals surface area contributed by atoms with Crippen molar-refractivity contribution in [1.29, 1.82) is 0 Å². The van der Waals surface area contributed by atoms with Crippen LogP contribution in [-0.2, 0) is 21.7 Å². The molecule has 4 aliphatic rings. The number of quaternary nitrogens is 1. The van der Waals surface area contributed by atoms with Gasteiger partial charge in [-0.3, -0.25) is 4.79 Å². The number of ether oxygens (including phenoxy) is 1. The maximum Gasteiger partial charge on any atom is 0.231 e. The van der Waals surface area contributed by atoms with Gasteiger partial charge in [-0.15, -0.1) is 5.10 Å². The van der Waals surface area contributed by atoms with Gasteiger partial charge in [-0.05, 0) is 19.8 Å². The molecule has 4 saturated heterocycles. The van der Waals surface area contributed by atoms with Gasteiger partial charge in [0, 0.05) is 25.9 Å². The van der Waals surface area contributed by atoms with E-state index >= 15 is 0 Å². The predicted octanol–water partition coefficient (Wildman–Crippen LogP) is -1.34. The van der Waals surface area contributed by atoms with Gasteiger partial charge < -0.3 is 19.6 Å². The molecule has 4 atom stereocenters. The average molecular weight is 364 g/mol. The number of rotatable bonds is 4. The zero-order chi connectivity index (χ0) is 18.3. The summed E-state index contributed by atoms with van der Waals surface area (Å²) in [5, 5.41) is 18.4. The minimum atomic E-state index is -0.966. The van der Waals surface area contributed by atoms with E-state index in [9.17, 15) is 9.90 Å². The van der Waals surface area contributed by atoms with Gasteiger partial charge >= 0.3 is 0 Å². The first-order valence-corrected chi connectivity index (χ1v) is 9.76. The van der Waals surface area contributed by atoms with E-state index in [0.717, 1.165) is 45.6 Å². The largest absolute Gasteiger partial charge is 0.384 e. The number of morpholine rings is 1. The van der Waals surface area contributed by atoms with Crippen molar-refractivity contribution >= 4 is 5.91 Å². The van der Waals surface area contributed by atoms with Crippen LogP contribution in [0.15, 0.2) is 6.20 Å². The Kier molecular flexibility index (Phi) is 4.75. The summed E-state index contributed by atoms with van der Waals surface area (Å²) < 4.78 is 7.23. The molecule has 1 aromatic rings. The maximum absolute atomic E-state index is 12.9. The van der Waals surface area contributed by atoms with Crippen molar-refractivity contribution in [1.82, 2.24) is 19.9 Å². The van der Waals surface area contributed by atoms with E-state index in [2.05, 4.69) is 10.3 Å². The molecule has 8 heteroatoms. The average Bonchev–Trinajstić information content (AvgIpc) is 3.11. The summed E-state index contributed by atoms with van der Waals surface area (Å²) in [6, 6.07) is 0.471. The Hall–Kier alpha value is -1.51. The third-order valence-electron chi connectivity index (χ3n) is 6.26. The SMILES string of the molecule is CC(C)(O)c1cn(C[C@H]2C[C@@H]3CC[NH+]2C[C@@H]3C(=O)N2CCOCC2)nn1. The van der Waals surface area contributed by atoms with E-state index in [0.29, 0.717) is 36.8 Å². The van der Waals surface area contributed by atoms with E-state index in [-0.39, 0.29) is 5.92 Å². The molecule has 1 unspecified atom stereocenters. The van der Waals surface area contributed by atoms with Gasteiger partial charge in [0.05, 0.1) is 45.0 Å². The lowest BCUT2D eigenvalue weighted by atomic mass is 9.75. The first-order chi connectivity index (χ1) is 12.4. The molecule has 0 aromatic carbocycles. The van der Waals surface area contributed by atoms with Gasteiger partial charge in [0.15, 0.2) is 0 Å². The van der Waals surface area contributed by atoms with Crippen molar-refractivity contribution in [2.75, 3.05) is 39.4 Å². The molecule has 5 heterocycles. The molecule has 2 bridgehead atoms. The fourth-order valence-electron chi connectivity index (χ4n) is 4.71. The predicted molar refractivity (Wildman–Crippen MR) is 93.4 cm³/mol. The van der Waals surface area contributed by atoms with Gasteiger partial charge in [-0.25, -0.2) is 4.68 Å². The molecular weight excluding hydrogens is 334 g/mol. The molecule has 26 heavy (non-hydrogen) atoms. The normalized spacial score (nSPS) is 32.0. The van der Waals surface area contributed by atoms with Gasteiger partial charge in [0.1, 0.15) is 17.3 Å². The number of amides is 1. The van der Waals surface area contributed by atoms with E-state index in [1.807, 2.05) is 15.8 Å². The lowest BCUT2D eigenvalue weighted by Gasteiger charge is -2.47. The van der Waals surface area contributed by atoms with Crippen molar-refractivity contribution in [2.24, 2.45) is 11.8 Å². The number of nitrogens with one attached hydrogen (secondary N) is 1. The summed E-state index contributed by atoms with van der Waals surface area (Å²) >= 11 is 0. The summed E-state index contributed by atoms with van der Waals surface area (Å²) in [6.45, 7) is 9.11. The Bertz CT molecular complexity index is 649. The Morgan fingerprint density at radius 1 is 1.42 bits per heavy atom. The van der Waals surface area contributed by atoms with Gasteiger partial charge in [-0.2, -0.15) is 0 Å². The second-order valence-electron chi connectivity index (χ2n) is 8.52. The number of aliphatic hydroxyl groups is 1. The Morgan fingerprint density at radius 2 is 2.19 bits per heavy atom. The number of carbonyl (C=O) groups is 1. The molecule has 8 nitrogen and oxygen atoms in total. The zero-order valence-corrected chi connectivity index (χ0v) is 15.7. The van der Waals surface area contributed by atoms with Crippen LogP contribution in [0.25, 0.3) is 0 Å². The summed E-state index contributed by atoms with van der Waals surface area (Å²) in [7, 11) is 0. The lowest BCUT2D eigenvalue weighted by Crippen LogP contribution is -3.20. The van der Waals surface area contributed by atoms with E-state index in [4.69, 9.17) is 4.74 Å². The molecule has 1 amide bonds. The minimum Gasteiger partial charge on any atom is -0.384 e. The van der Waals surface area contributed by atoms with Crippen LogP contribution in [-0.4, -0.2) is 76.3 Å². The second kappa shape index (κ2) is 6.90. The number of hydrogen-bond donors (Lipinski definition) is 2. The maximum atomic E-state index is 12.9. The van der Waals surface area contributed by atoms with Gasteiger partial charge in [0.2, 0.25) is 5.91 Å². The smallest absolute Gasteiger partial charge is 0.231 e. The Labute approximate surface area is 154 Å². The quantitative estimate of drug-likeness (QED) is 0.691. The first-order valence-electron chi connectivity index (χ1n) is 9.76. The van der Waals surface area contributed by atoms with Crippen molar-refractivity contribution in [3.05, 3.63) is 11.9 Å². The summed E-state index contributed by atoms with van der Waals surface area (Å²) in [4.78, 5) is 16.4. The fourth-order valence-corrected chi connectivity index (χ4v) is 4.71. The van der Waals surface area contributed by atoms with Crippen molar-refractivity contribution in [3.8, 4) is 0 Å². The van der Waals surface area contributed by atoms with Crippen LogP contribution in [0.5, 0.6) is 0 Å². The summed E-state index contributed by atoms with van der Waals surface area (Å²) in [5.41, 5.74) is -0.365. The molecule has 1 aromatic heterocycles. The van der Waals surface area contributed by atoms with Crippen molar-refractivity contribution in [2.45, 2.75) is 44.9 Å². The summed E-state index contributed by atoms with van der Waals surface area (Å²) in [6.07, 6.45) is 4.05. The third kappa shape index (κ3) is 3.50. The topological polar surface area (TPSA) is 84.9 Å². The van der Waals surface area contributed by atoms with Crippen LogP contribution < -0.4 is 4.90 Å². The molecule has 0 spiro atoms. The molecule has 4 fully saturated rings.